The zero-order chi connectivity index (χ0) is 23.7. The maximum atomic E-state index is 13.3. The number of methoxy groups -OCH3 is 1. The Morgan fingerprint density at radius 3 is 2.28 bits per heavy atom. The summed E-state index contributed by atoms with van der Waals surface area (Å²) in [5, 5.41) is 3.02. The normalized spacial score (nSPS) is 12.6. The summed E-state index contributed by atoms with van der Waals surface area (Å²) in [7, 11) is 1.61. The van der Waals surface area contributed by atoms with Gasteiger partial charge in [-0.3, -0.25) is 9.59 Å². The van der Waals surface area contributed by atoms with Gasteiger partial charge in [0, 0.05) is 12.6 Å². The molecule has 0 aromatic heterocycles. The molecular weight excluding hydrogens is 404 g/mol. The van der Waals surface area contributed by atoms with Crippen LogP contribution in [0.4, 0.5) is 0 Å². The van der Waals surface area contributed by atoms with Crippen LogP contribution in [0.5, 0.6) is 11.5 Å². The fourth-order valence-corrected chi connectivity index (χ4v) is 3.47. The van der Waals surface area contributed by atoms with Crippen molar-refractivity contribution in [3.05, 3.63) is 59.2 Å². The number of nitrogens with zero attached hydrogens (tertiary/aromatic N) is 1. The first-order valence-electron chi connectivity index (χ1n) is 11.2. The number of carbonyl (C=O) groups is 2. The minimum atomic E-state index is -0.582. The van der Waals surface area contributed by atoms with Crippen LogP contribution in [0, 0.1) is 13.8 Å². The number of carbonyl (C=O) groups excluding carboxylic acids is 2. The van der Waals surface area contributed by atoms with Gasteiger partial charge in [-0.2, -0.15) is 0 Å². The maximum absolute atomic E-state index is 13.3. The van der Waals surface area contributed by atoms with Crippen molar-refractivity contribution < 1.29 is 19.1 Å². The SMILES string of the molecule is CCC(C)NC(=O)C(CC)N(Cc1ccc(OC)cc1)C(=O)COc1ccc(C)cc1C. The number of ether oxygens (including phenoxy) is 2. The predicted octanol–water partition coefficient (Wildman–Crippen LogP) is 4.41. The van der Waals surface area contributed by atoms with Crippen LogP contribution < -0.4 is 14.8 Å². The molecule has 0 saturated carbocycles. The van der Waals surface area contributed by atoms with E-state index in [1.54, 1.807) is 12.0 Å². The minimum Gasteiger partial charge on any atom is -0.497 e. The van der Waals surface area contributed by atoms with Crippen LogP contribution in [0.1, 0.15) is 50.3 Å². The van der Waals surface area contributed by atoms with Gasteiger partial charge < -0.3 is 19.7 Å². The summed E-state index contributed by atoms with van der Waals surface area (Å²) < 4.78 is 11.1. The molecule has 0 aliphatic heterocycles. The summed E-state index contributed by atoms with van der Waals surface area (Å²) in [4.78, 5) is 27.9. The topological polar surface area (TPSA) is 67.9 Å². The van der Waals surface area contributed by atoms with E-state index in [2.05, 4.69) is 5.32 Å². The third-order valence-corrected chi connectivity index (χ3v) is 5.58. The smallest absolute Gasteiger partial charge is 0.261 e. The second-order valence-electron chi connectivity index (χ2n) is 8.17. The first kappa shape index (κ1) is 25.2. The molecule has 6 nitrogen and oxygen atoms in total. The second kappa shape index (κ2) is 12.1. The molecule has 0 heterocycles. The Hall–Kier alpha value is -3.02. The molecule has 32 heavy (non-hydrogen) atoms. The number of hydrogen-bond acceptors (Lipinski definition) is 4. The van der Waals surface area contributed by atoms with Crippen molar-refractivity contribution in [2.45, 2.75) is 66.1 Å². The summed E-state index contributed by atoms with van der Waals surface area (Å²) in [6.07, 6.45) is 1.33. The molecule has 0 saturated heterocycles. The number of nitrogens with one attached hydrogen (secondary N) is 1. The van der Waals surface area contributed by atoms with Gasteiger partial charge in [-0.15, -0.1) is 0 Å². The van der Waals surface area contributed by atoms with Crippen LogP contribution in [-0.2, 0) is 16.1 Å². The lowest BCUT2D eigenvalue weighted by Gasteiger charge is -2.31. The van der Waals surface area contributed by atoms with Crippen molar-refractivity contribution in [1.82, 2.24) is 10.2 Å². The van der Waals surface area contributed by atoms with Gasteiger partial charge in [-0.1, -0.05) is 43.7 Å². The highest BCUT2D eigenvalue weighted by Crippen LogP contribution is 2.20. The average Bonchev–Trinajstić information content (AvgIpc) is 2.78. The fourth-order valence-electron chi connectivity index (χ4n) is 3.47. The zero-order valence-electron chi connectivity index (χ0n) is 20.1. The van der Waals surface area contributed by atoms with Gasteiger partial charge in [0.1, 0.15) is 17.5 Å². The molecule has 2 unspecified atom stereocenters. The first-order chi connectivity index (χ1) is 15.3. The van der Waals surface area contributed by atoms with E-state index in [-0.39, 0.29) is 24.5 Å². The summed E-state index contributed by atoms with van der Waals surface area (Å²) >= 11 is 0. The standard InChI is InChI=1S/C26H36N2O4/c1-7-20(5)27-26(30)23(8-2)28(16-21-10-12-22(31-6)13-11-21)25(29)17-32-24-14-9-18(3)15-19(24)4/h9-15,20,23H,7-8,16-17H2,1-6H3,(H,27,30). The van der Waals surface area contributed by atoms with E-state index in [0.717, 1.165) is 28.9 Å². The van der Waals surface area contributed by atoms with Gasteiger partial charge in [-0.25, -0.2) is 0 Å². The summed E-state index contributed by atoms with van der Waals surface area (Å²) in [5.74, 6) is 1.04. The lowest BCUT2D eigenvalue weighted by molar-refractivity contribution is -0.143. The molecule has 1 N–H and O–H groups in total. The molecule has 6 heteroatoms. The van der Waals surface area contributed by atoms with Crippen LogP contribution >= 0.6 is 0 Å². The molecule has 0 aliphatic rings. The van der Waals surface area contributed by atoms with Gasteiger partial charge in [0.25, 0.3) is 5.91 Å². The molecule has 0 radical (unpaired) electrons. The zero-order valence-corrected chi connectivity index (χ0v) is 20.1. The van der Waals surface area contributed by atoms with Crippen molar-refractivity contribution in [3.63, 3.8) is 0 Å². The van der Waals surface area contributed by atoms with Crippen LogP contribution in [0.15, 0.2) is 42.5 Å². The van der Waals surface area contributed by atoms with E-state index >= 15 is 0 Å². The van der Waals surface area contributed by atoms with Gasteiger partial charge >= 0.3 is 0 Å². The molecule has 2 amide bonds. The monoisotopic (exact) mass is 440 g/mol. The number of amides is 2. The number of aryl methyl sites for hydroxylation is 2. The summed E-state index contributed by atoms with van der Waals surface area (Å²) in [6.45, 7) is 10.0. The number of hydrogen-bond donors (Lipinski definition) is 1. The molecule has 2 rings (SSSR count). The van der Waals surface area contributed by atoms with E-state index in [0.29, 0.717) is 18.7 Å². The third kappa shape index (κ3) is 7.01. The van der Waals surface area contributed by atoms with Gasteiger partial charge in [0.05, 0.1) is 7.11 Å². The molecule has 0 bridgehead atoms. The Labute approximate surface area is 191 Å². The van der Waals surface area contributed by atoms with Crippen molar-refractivity contribution >= 4 is 11.8 Å². The first-order valence-corrected chi connectivity index (χ1v) is 11.2. The van der Waals surface area contributed by atoms with E-state index in [4.69, 9.17) is 9.47 Å². The maximum Gasteiger partial charge on any atom is 0.261 e. The largest absolute Gasteiger partial charge is 0.497 e. The Morgan fingerprint density at radius 2 is 1.72 bits per heavy atom. The van der Waals surface area contributed by atoms with E-state index < -0.39 is 6.04 Å². The van der Waals surface area contributed by atoms with Crippen LogP contribution in [0.2, 0.25) is 0 Å². The Bertz CT molecular complexity index is 895. The molecule has 0 spiro atoms. The minimum absolute atomic E-state index is 0.0425. The van der Waals surface area contributed by atoms with E-state index in [1.807, 2.05) is 77.1 Å². The molecular formula is C26H36N2O4. The van der Waals surface area contributed by atoms with E-state index in [9.17, 15) is 9.59 Å². The summed E-state index contributed by atoms with van der Waals surface area (Å²) in [6, 6.07) is 12.8. The van der Waals surface area contributed by atoms with Crippen LogP contribution in [0.3, 0.4) is 0 Å². The Morgan fingerprint density at radius 1 is 1.03 bits per heavy atom. The third-order valence-electron chi connectivity index (χ3n) is 5.58. The van der Waals surface area contributed by atoms with Gasteiger partial charge in [-0.05, 0) is 62.9 Å². The average molecular weight is 441 g/mol. The lowest BCUT2D eigenvalue weighted by atomic mass is 10.1. The summed E-state index contributed by atoms with van der Waals surface area (Å²) in [5.41, 5.74) is 3.02. The van der Waals surface area contributed by atoms with Crippen molar-refractivity contribution in [2.75, 3.05) is 13.7 Å². The highest BCUT2D eigenvalue weighted by atomic mass is 16.5. The number of benzene rings is 2. The van der Waals surface area contributed by atoms with Gasteiger partial charge in [0.15, 0.2) is 6.61 Å². The Kier molecular flexibility index (Phi) is 9.57. The van der Waals surface area contributed by atoms with Gasteiger partial charge in [0.2, 0.25) is 5.91 Å². The van der Waals surface area contributed by atoms with Crippen molar-refractivity contribution in [1.29, 1.82) is 0 Å². The predicted molar refractivity (Wildman–Crippen MR) is 127 cm³/mol. The Balaban J connectivity index is 2.23. The fraction of sp³-hybridized carbons (Fsp3) is 0.462. The lowest BCUT2D eigenvalue weighted by Crippen LogP contribution is -2.51. The van der Waals surface area contributed by atoms with Crippen molar-refractivity contribution in [3.8, 4) is 11.5 Å². The second-order valence-corrected chi connectivity index (χ2v) is 8.17. The molecule has 2 atom stereocenters. The van der Waals surface area contributed by atoms with E-state index in [1.165, 1.54) is 0 Å². The molecule has 2 aromatic rings. The molecule has 0 fully saturated rings. The molecule has 2 aromatic carbocycles. The molecule has 174 valence electrons. The quantitative estimate of drug-likeness (QED) is 0.562. The highest BCUT2D eigenvalue weighted by molar-refractivity contribution is 5.88. The van der Waals surface area contributed by atoms with Crippen LogP contribution in [0.25, 0.3) is 0 Å². The molecule has 0 aliphatic carbocycles. The van der Waals surface area contributed by atoms with Crippen LogP contribution in [-0.4, -0.2) is 42.5 Å². The number of rotatable bonds is 11. The highest BCUT2D eigenvalue weighted by Gasteiger charge is 2.29. The van der Waals surface area contributed by atoms with Crippen molar-refractivity contribution in [2.24, 2.45) is 0 Å².